The first-order valence-corrected chi connectivity index (χ1v) is 15.9. The Morgan fingerprint density at radius 3 is 2.12 bits per heavy atom. The molecule has 8 nitrogen and oxygen atoms in total. The van der Waals surface area contributed by atoms with E-state index >= 15 is 0 Å². The third-order valence-electron chi connectivity index (χ3n) is 6.38. The van der Waals surface area contributed by atoms with E-state index in [2.05, 4.69) is 21.2 Å². The van der Waals surface area contributed by atoms with Crippen LogP contribution in [0.25, 0.3) is 0 Å². The van der Waals surface area contributed by atoms with Gasteiger partial charge in [-0.05, 0) is 73.4 Å². The number of hydrogen-bond acceptors (Lipinski definition) is 5. The lowest BCUT2D eigenvalue weighted by molar-refractivity contribution is -0.140. The molecule has 3 aromatic rings. The molecule has 0 aliphatic heterocycles. The van der Waals surface area contributed by atoms with Crippen molar-refractivity contribution < 1.29 is 22.7 Å². The van der Waals surface area contributed by atoms with Crippen LogP contribution in [0.3, 0.4) is 0 Å². The third kappa shape index (κ3) is 8.81. The summed E-state index contributed by atoms with van der Waals surface area (Å²) in [6.45, 7) is 8.29. The predicted octanol–water partition coefficient (Wildman–Crippen LogP) is 5.62. The summed E-state index contributed by atoms with van der Waals surface area (Å²) in [5.74, 6) is 0.0620. The molecule has 41 heavy (non-hydrogen) atoms. The van der Waals surface area contributed by atoms with Gasteiger partial charge >= 0.3 is 0 Å². The average molecular weight is 645 g/mol. The van der Waals surface area contributed by atoms with Crippen LogP contribution in [0.1, 0.15) is 39.7 Å². The number of nitrogens with one attached hydrogen (secondary N) is 1. The molecule has 10 heteroatoms. The molecule has 0 radical (unpaired) electrons. The first-order chi connectivity index (χ1) is 19.6. The summed E-state index contributed by atoms with van der Waals surface area (Å²) in [6.07, 6.45) is 0.366. The van der Waals surface area contributed by atoms with Crippen LogP contribution in [0.4, 0.5) is 5.69 Å². The number of amides is 2. The molecule has 0 aromatic heterocycles. The molecule has 0 saturated carbocycles. The summed E-state index contributed by atoms with van der Waals surface area (Å²) in [5, 5.41) is 2.94. The van der Waals surface area contributed by atoms with Gasteiger partial charge in [0.1, 0.15) is 18.3 Å². The largest absolute Gasteiger partial charge is 0.494 e. The van der Waals surface area contributed by atoms with Crippen molar-refractivity contribution in [3.8, 4) is 5.75 Å². The van der Waals surface area contributed by atoms with E-state index in [1.807, 2.05) is 58.0 Å². The van der Waals surface area contributed by atoms with Gasteiger partial charge in [-0.15, -0.1) is 0 Å². The van der Waals surface area contributed by atoms with Crippen LogP contribution in [-0.2, 0) is 26.2 Å². The molecule has 1 unspecified atom stereocenters. The molecule has 0 fully saturated rings. The van der Waals surface area contributed by atoms with Gasteiger partial charge in [0.05, 0.1) is 17.2 Å². The van der Waals surface area contributed by atoms with Crippen LogP contribution >= 0.6 is 15.9 Å². The van der Waals surface area contributed by atoms with E-state index < -0.39 is 28.5 Å². The van der Waals surface area contributed by atoms with Crippen LogP contribution in [0, 0.1) is 5.92 Å². The molecule has 2 amide bonds. The van der Waals surface area contributed by atoms with E-state index in [9.17, 15) is 18.0 Å². The number of carbonyl (C=O) groups is 2. The van der Waals surface area contributed by atoms with E-state index in [1.54, 1.807) is 36.4 Å². The first kappa shape index (κ1) is 32.1. The fourth-order valence-corrected chi connectivity index (χ4v) is 5.94. The fraction of sp³-hybridized carbons (Fsp3) is 0.355. The lowest BCUT2D eigenvalue weighted by Crippen LogP contribution is -2.52. The van der Waals surface area contributed by atoms with Gasteiger partial charge in [0.2, 0.25) is 11.8 Å². The van der Waals surface area contributed by atoms with E-state index in [-0.39, 0.29) is 23.3 Å². The van der Waals surface area contributed by atoms with Gasteiger partial charge in [-0.3, -0.25) is 13.9 Å². The van der Waals surface area contributed by atoms with Crippen LogP contribution in [0.2, 0.25) is 0 Å². The summed E-state index contributed by atoms with van der Waals surface area (Å²) >= 11 is 3.35. The summed E-state index contributed by atoms with van der Waals surface area (Å²) in [6, 6.07) is 21.4. The molecule has 1 N–H and O–H groups in total. The number of carbonyl (C=O) groups excluding carboxylic acids is 2. The van der Waals surface area contributed by atoms with Crippen LogP contribution in [0.5, 0.6) is 5.75 Å². The number of halogens is 1. The van der Waals surface area contributed by atoms with Gasteiger partial charge in [-0.1, -0.05) is 67.0 Å². The quantitative estimate of drug-likeness (QED) is 0.246. The number of hydrogen-bond donors (Lipinski definition) is 1. The van der Waals surface area contributed by atoms with E-state index in [0.717, 1.165) is 14.3 Å². The maximum Gasteiger partial charge on any atom is 0.264 e. The highest BCUT2D eigenvalue weighted by Gasteiger charge is 2.33. The smallest absolute Gasteiger partial charge is 0.264 e. The van der Waals surface area contributed by atoms with Crippen molar-refractivity contribution in [2.24, 2.45) is 5.92 Å². The van der Waals surface area contributed by atoms with E-state index in [1.165, 1.54) is 17.0 Å². The topological polar surface area (TPSA) is 96.0 Å². The van der Waals surface area contributed by atoms with E-state index in [0.29, 0.717) is 31.0 Å². The molecule has 0 aliphatic carbocycles. The normalized spacial score (nSPS) is 12.0. The summed E-state index contributed by atoms with van der Waals surface area (Å²) in [5.41, 5.74) is 1.14. The molecule has 0 heterocycles. The number of ether oxygens (including phenoxy) is 1. The zero-order chi connectivity index (χ0) is 30.0. The second-order valence-corrected chi connectivity index (χ2v) is 12.7. The number of sulfonamides is 1. The molecule has 3 rings (SSSR count). The van der Waals surface area contributed by atoms with Gasteiger partial charge in [0.25, 0.3) is 10.0 Å². The van der Waals surface area contributed by atoms with Gasteiger partial charge in [-0.25, -0.2) is 8.42 Å². The zero-order valence-corrected chi connectivity index (χ0v) is 26.3. The molecule has 220 valence electrons. The second kappa shape index (κ2) is 15.0. The number of rotatable bonds is 14. The highest BCUT2D eigenvalue weighted by molar-refractivity contribution is 9.10. The molecule has 0 bridgehead atoms. The Morgan fingerprint density at radius 1 is 0.927 bits per heavy atom. The SMILES string of the molecule is CCOc1ccc(N(CC(=O)N(Cc2ccccc2)C(CC)C(=O)NCC(C)C)S(=O)(=O)c2ccc(Br)cc2)cc1. The van der Waals surface area contributed by atoms with Crippen molar-refractivity contribution in [3.05, 3.63) is 88.9 Å². The minimum atomic E-state index is -4.15. The maximum absolute atomic E-state index is 14.1. The summed E-state index contributed by atoms with van der Waals surface area (Å²) < 4.78 is 35.2. The van der Waals surface area contributed by atoms with Crippen molar-refractivity contribution in [2.45, 2.75) is 51.6 Å². The van der Waals surface area contributed by atoms with Crippen LogP contribution < -0.4 is 14.4 Å². The Morgan fingerprint density at radius 2 is 1.56 bits per heavy atom. The third-order valence-corrected chi connectivity index (χ3v) is 8.70. The summed E-state index contributed by atoms with van der Waals surface area (Å²) in [4.78, 5) is 28.9. The molecular formula is C31H38BrN3O5S. The standard InChI is InChI=1S/C31H38BrN3O5S/c1-5-29(31(37)33-20-23(3)4)34(21-24-10-8-7-9-11-24)30(36)22-35(26-14-16-27(17-15-26)40-6-2)41(38,39)28-18-12-25(32)13-19-28/h7-19,23,29H,5-6,20-22H2,1-4H3,(H,33,37). The first-order valence-electron chi connectivity index (χ1n) is 13.7. The van der Waals surface area contributed by atoms with Crippen molar-refractivity contribution in [1.29, 1.82) is 0 Å². The van der Waals surface area contributed by atoms with Crippen LogP contribution in [0.15, 0.2) is 88.2 Å². The Balaban J connectivity index is 2.03. The molecule has 1 atom stereocenters. The Labute approximate surface area is 251 Å². The molecule has 0 spiro atoms. The van der Waals surface area contributed by atoms with Gasteiger partial charge < -0.3 is 15.0 Å². The van der Waals surface area contributed by atoms with Crippen molar-refractivity contribution in [1.82, 2.24) is 10.2 Å². The maximum atomic E-state index is 14.1. The van der Waals surface area contributed by atoms with Gasteiger partial charge in [0.15, 0.2) is 0 Å². The van der Waals surface area contributed by atoms with Crippen molar-refractivity contribution >= 4 is 43.5 Å². The fourth-order valence-electron chi connectivity index (χ4n) is 4.26. The van der Waals surface area contributed by atoms with Crippen molar-refractivity contribution in [3.63, 3.8) is 0 Å². The monoisotopic (exact) mass is 643 g/mol. The van der Waals surface area contributed by atoms with Crippen molar-refractivity contribution in [2.75, 3.05) is 24.0 Å². The number of benzene rings is 3. The molecule has 3 aromatic carbocycles. The molecule has 0 aliphatic rings. The number of nitrogens with zero attached hydrogens (tertiary/aromatic N) is 2. The predicted molar refractivity (Wildman–Crippen MR) is 165 cm³/mol. The van der Waals surface area contributed by atoms with E-state index in [4.69, 9.17) is 4.74 Å². The highest BCUT2D eigenvalue weighted by atomic mass is 79.9. The number of anilines is 1. The zero-order valence-electron chi connectivity index (χ0n) is 23.9. The molecule has 0 saturated heterocycles. The lowest BCUT2D eigenvalue weighted by Gasteiger charge is -2.33. The second-order valence-electron chi connectivity index (χ2n) is 9.96. The molecular weight excluding hydrogens is 606 g/mol. The summed E-state index contributed by atoms with van der Waals surface area (Å²) in [7, 11) is -4.15. The minimum Gasteiger partial charge on any atom is -0.494 e. The van der Waals surface area contributed by atoms with Gasteiger partial charge in [-0.2, -0.15) is 0 Å². The Kier molecular flexibility index (Phi) is 11.8. The lowest BCUT2D eigenvalue weighted by atomic mass is 10.1. The minimum absolute atomic E-state index is 0.0405. The Hall–Kier alpha value is -3.37. The average Bonchev–Trinajstić information content (AvgIpc) is 2.96. The van der Waals surface area contributed by atoms with Gasteiger partial charge in [0, 0.05) is 17.6 Å². The highest BCUT2D eigenvalue weighted by Crippen LogP contribution is 2.27. The Bertz CT molecular complexity index is 1380. The van der Waals surface area contributed by atoms with Crippen LogP contribution in [-0.4, -0.2) is 50.9 Å².